The average Bonchev–Trinajstić information content (AvgIpc) is 2.37. The Bertz CT molecular complexity index is 418. The van der Waals surface area contributed by atoms with Crippen LogP contribution in [0.25, 0.3) is 0 Å². The minimum absolute atomic E-state index is 0. The molecule has 4 nitrogen and oxygen atoms in total. The van der Waals surface area contributed by atoms with Gasteiger partial charge in [0.05, 0.1) is 6.61 Å². The lowest BCUT2D eigenvalue weighted by molar-refractivity contribution is 0.203. The largest absolute Gasteiger partial charge is 0.383 e. The van der Waals surface area contributed by atoms with Crippen molar-refractivity contribution < 1.29 is 9.13 Å². The topological polar surface area (TPSA) is 45.7 Å². The van der Waals surface area contributed by atoms with Crippen molar-refractivity contribution in [3.63, 3.8) is 0 Å². The summed E-state index contributed by atoms with van der Waals surface area (Å²) < 4.78 is 18.9. The second kappa shape index (κ2) is 10.4. The number of halogens is 3. The highest BCUT2D eigenvalue weighted by Gasteiger charge is 2.03. The van der Waals surface area contributed by atoms with E-state index >= 15 is 0 Å². The second-order valence-corrected chi connectivity index (χ2v) is 4.44. The van der Waals surface area contributed by atoms with Gasteiger partial charge in [0, 0.05) is 31.7 Å². The lowest BCUT2D eigenvalue weighted by Crippen LogP contribution is -2.38. The number of nitrogens with one attached hydrogen (secondary N) is 2. The number of hydrogen-bond donors (Lipinski definition) is 2. The van der Waals surface area contributed by atoms with Crippen molar-refractivity contribution in [2.75, 3.05) is 27.3 Å². The number of benzene rings is 1. The van der Waals surface area contributed by atoms with Gasteiger partial charge < -0.3 is 15.4 Å². The van der Waals surface area contributed by atoms with Gasteiger partial charge in [0.25, 0.3) is 0 Å². The van der Waals surface area contributed by atoms with Crippen LogP contribution in [-0.4, -0.2) is 33.3 Å². The number of methoxy groups -OCH3 is 1. The third kappa shape index (κ3) is 7.07. The Hall–Kier alpha value is -0.410. The molecule has 0 aliphatic rings. The molecule has 0 spiro atoms. The van der Waals surface area contributed by atoms with E-state index in [1.165, 1.54) is 12.1 Å². The molecule has 0 aliphatic heterocycles. The summed E-state index contributed by atoms with van der Waals surface area (Å²) in [5, 5.41) is 6.18. The standard InChI is InChI=1S/C12H17BrFN3O.HI/c1-15-12(16-5-6-18-2)17-8-9-7-10(14)3-4-11(9)13;/h3-4,7H,5-6,8H2,1-2H3,(H2,15,16,17);1H. The fraction of sp³-hybridized carbons (Fsp3) is 0.417. The highest BCUT2D eigenvalue weighted by Crippen LogP contribution is 2.17. The fourth-order valence-corrected chi connectivity index (χ4v) is 1.74. The summed E-state index contributed by atoms with van der Waals surface area (Å²) in [6, 6.07) is 4.59. The molecule has 0 radical (unpaired) electrons. The third-order valence-corrected chi connectivity index (χ3v) is 3.05. The summed E-state index contributed by atoms with van der Waals surface area (Å²) in [6.45, 7) is 1.76. The summed E-state index contributed by atoms with van der Waals surface area (Å²) in [5.74, 6) is 0.403. The fourth-order valence-electron chi connectivity index (χ4n) is 1.35. The summed E-state index contributed by atoms with van der Waals surface area (Å²) in [4.78, 5) is 4.06. The Labute approximate surface area is 138 Å². The van der Waals surface area contributed by atoms with E-state index in [1.54, 1.807) is 20.2 Å². The SMILES string of the molecule is CN=C(NCCOC)NCc1cc(F)ccc1Br.I. The molecule has 0 bridgehead atoms. The van der Waals surface area contributed by atoms with Crippen LogP contribution in [-0.2, 0) is 11.3 Å². The zero-order chi connectivity index (χ0) is 13.4. The van der Waals surface area contributed by atoms with Gasteiger partial charge in [0.1, 0.15) is 5.82 Å². The quantitative estimate of drug-likeness (QED) is 0.317. The summed E-state index contributed by atoms with van der Waals surface area (Å²) in [5.41, 5.74) is 0.838. The smallest absolute Gasteiger partial charge is 0.191 e. The van der Waals surface area contributed by atoms with Gasteiger partial charge in [-0.05, 0) is 23.8 Å². The van der Waals surface area contributed by atoms with E-state index in [0.717, 1.165) is 10.0 Å². The molecule has 0 saturated carbocycles. The van der Waals surface area contributed by atoms with E-state index in [2.05, 4.69) is 31.6 Å². The van der Waals surface area contributed by atoms with Crippen molar-refractivity contribution in [2.45, 2.75) is 6.54 Å². The Morgan fingerprint density at radius 1 is 1.42 bits per heavy atom. The zero-order valence-electron chi connectivity index (χ0n) is 10.9. The van der Waals surface area contributed by atoms with Crippen molar-refractivity contribution >= 4 is 45.9 Å². The summed E-state index contributed by atoms with van der Waals surface area (Å²) in [7, 11) is 3.32. The van der Waals surface area contributed by atoms with Crippen LogP contribution < -0.4 is 10.6 Å². The maximum Gasteiger partial charge on any atom is 0.191 e. The van der Waals surface area contributed by atoms with Gasteiger partial charge in [0.2, 0.25) is 0 Å². The van der Waals surface area contributed by atoms with Gasteiger partial charge >= 0.3 is 0 Å². The molecule has 1 rings (SSSR count). The molecule has 1 aromatic carbocycles. The first-order chi connectivity index (χ1) is 8.67. The molecule has 7 heteroatoms. The Kier molecular flexibility index (Phi) is 10.2. The highest BCUT2D eigenvalue weighted by atomic mass is 127. The molecule has 0 aliphatic carbocycles. The van der Waals surface area contributed by atoms with Gasteiger partial charge in [-0.2, -0.15) is 0 Å². The van der Waals surface area contributed by atoms with E-state index < -0.39 is 0 Å². The van der Waals surface area contributed by atoms with Crippen molar-refractivity contribution in [3.8, 4) is 0 Å². The first-order valence-electron chi connectivity index (χ1n) is 5.54. The first kappa shape index (κ1) is 18.6. The molecular weight excluding hydrogens is 428 g/mol. The summed E-state index contributed by atoms with van der Waals surface area (Å²) in [6.07, 6.45) is 0. The average molecular weight is 446 g/mol. The van der Waals surface area contributed by atoms with E-state index in [0.29, 0.717) is 25.7 Å². The maximum absolute atomic E-state index is 13.1. The third-order valence-electron chi connectivity index (χ3n) is 2.28. The van der Waals surface area contributed by atoms with Crippen LogP contribution in [0, 0.1) is 5.82 Å². The lowest BCUT2D eigenvalue weighted by Gasteiger charge is -2.12. The number of aliphatic imine (C=N–C) groups is 1. The number of guanidine groups is 1. The predicted octanol–water partition coefficient (Wildman–Crippen LogP) is 2.52. The van der Waals surface area contributed by atoms with E-state index in [1.807, 2.05) is 0 Å². The number of ether oxygens (including phenoxy) is 1. The molecule has 0 atom stereocenters. The molecular formula is C12H18BrFIN3O. The van der Waals surface area contributed by atoms with Crippen molar-refractivity contribution in [2.24, 2.45) is 4.99 Å². The normalized spacial score (nSPS) is 10.8. The molecule has 0 saturated heterocycles. The van der Waals surface area contributed by atoms with Crippen LogP contribution in [0.5, 0.6) is 0 Å². The summed E-state index contributed by atoms with van der Waals surface area (Å²) >= 11 is 3.38. The van der Waals surface area contributed by atoms with Crippen LogP contribution in [0.4, 0.5) is 4.39 Å². The second-order valence-electron chi connectivity index (χ2n) is 3.58. The number of rotatable bonds is 5. The molecule has 2 N–H and O–H groups in total. The highest BCUT2D eigenvalue weighted by molar-refractivity contribution is 14.0. The molecule has 1 aromatic rings. The minimum Gasteiger partial charge on any atom is -0.383 e. The minimum atomic E-state index is -0.252. The van der Waals surface area contributed by atoms with Gasteiger partial charge in [-0.3, -0.25) is 4.99 Å². The zero-order valence-corrected chi connectivity index (χ0v) is 14.8. The van der Waals surface area contributed by atoms with Crippen LogP contribution in [0.3, 0.4) is 0 Å². The van der Waals surface area contributed by atoms with Gasteiger partial charge in [-0.25, -0.2) is 4.39 Å². The Morgan fingerprint density at radius 2 is 2.16 bits per heavy atom. The van der Waals surface area contributed by atoms with Crippen molar-refractivity contribution in [3.05, 3.63) is 34.1 Å². The van der Waals surface area contributed by atoms with Crippen molar-refractivity contribution in [1.82, 2.24) is 10.6 Å². The predicted molar refractivity (Wildman–Crippen MR) is 89.6 cm³/mol. The van der Waals surface area contributed by atoms with Crippen LogP contribution >= 0.6 is 39.9 Å². The molecule has 0 fully saturated rings. The van der Waals surface area contributed by atoms with E-state index in [4.69, 9.17) is 4.74 Å². The lowest BCUT2D eigenvalue weighted by atomic mass is 10.2. The molecule has 0 amide bonds. The maximum atomic E-state index is 13.1. The van der Waals surface area contributed by atoms with Gasteiger partial charge in [-0.1, -0.05) is 15.9 Å². The molecule has 0 aromatic heterocycles. The van der Waals surface area contributed by atoms with Gasteiger partial charge in [-0.15, -0.1) is 24.0 Å². The molecule has 0 heterocycles. The first-order valence-corrected chi connectivity index (χ1v) is 6.34. The van der Waals surface area contributed by atoms with Crippen molar-refractivity contribution in [1.29, 1.82) is 0 Å². The molecule has 108 valence electrons. The number of hydrogen-bond acceptors (Lipinski definition) is 2. The molecule has 0 unspecified atom stereocenters. The van der Waals surface area contributed by atoms with Crippen LogP contribution in [0.15, 0.2) is 27.7 Å². The molecule has 19 heavy (non-hydrogen) atoms. The van der Waals surface area contributed by atoms with Gasteiger partial charge in [0.15, 0.2) is 5.96 Å². The monoisotopic (exact) mass is 445 g/mol. The van der Waals surface area contributed by atoms with E-state index in [-0.39, 0.29) is 29.8 Å². The Morgan fingerprint density at radius 3 is 2.79 bits per heavy atom. The van der Waals surface area contributed by atoms with Crippen LogP contribution in [0.1, 0.15) is 5.56 Å². The van der Waals surface area contributed by atoms with E-state index in [9.17, 15) is 4.39 Å². The Balaban J connectivity index is 0.00000324. The van der Waals surface area contributed by atoms with Crippen LogP contribution in [0.2, 0.25) is 0 Å². The number of nitrogens with zero attached hydrogens (tertiary/aromatic N) is 1.